The number of fused-ring (bicyclic) bond motifs is 17. The highest BCUT2D eigenvalue weighted by Gasteiger charge is 2.52. The molecule has 0 fully saturated rings. The highest BCUT2D eigenvalue weighted by Crippen LogP contribution is 2.65. The molecule has 0 bridgehead atoms. The average molecular weight is 865 g/mol. The van der Waals surface area contributed by atoms with Crippen LogP contribution in [-0.2, 0) is 5.41 Å². The third kappa shape index (κ3) is 4.97. The average Bonchev–Trinajstić information content (AvgIpc) is 4.12. The summed E-state index contributed by atoms with van der Waals surface area (Å²) in [5.74, 6) is 0. The van der Waals surface area contributed by atoms with E-state index in [0.29, 0.717) is 0 Å². The molecule has 3 nitrogen and oxygen atoms in total. The quantitative estimate of drug-likeness (QED) is 0.172. The van der Waals surface area contributed by atoms with Gasteiger partial charge in [-0.25, -0.2) is 0 Å². The Labute approximate surface area is 393 Å². The molecular weight excluding hydrogens is 825 g/mol. The van der Waals surface area contributed by atoms with Crippen LogP contribution in [0, 0.1) is 0 Å². The number of anilines is 3. The van der Waals surface area contributed by atoms with Crippen molar-refractivity contribution in [1.82, 2.24) is 4.57 Å². The van der Waals surface area contributed by atoms with Crippen molar-refractivity contribution in [1.29, 1.82) is 0 Å². The van der Waals surface area contributed by atoms with Crippen molar-refractivity contribution in [3.8, 4) is 39.1 Å². The van der Waals surface area contributed by atoms with E-state index in [1.807, 2.05) is 0 Å². The Balaban J connectivity index is 1.03. The lowest BCUT2D eigenvalue weighted by Gasteiger charge is -2.32. The van der Waals surface area contributed by atoms with Gasteiger partial charge in [-0.1, -0.05) is 188 Å². The maximum Gasteiger partial charge on any atom is 0.143 e. The molecule has 0 unspecified atom stereocenters. The molecule has 0 saturated carbocycles. The molecule has 1 spiro atoms. The van der Waals surface area contributed by atoms with Gasteiger partial charge in [0.25, 0.3) is 0 Å². The van der Waals surface area contributed by atoms with Crippen molar-refractivity contribution >= 4 is 71.6 Å². The molecule has 68 heavy (non-hydrogen) atoms. The van der Waals surface area contributed by atoms with Gasteiger partial charge in [0.2, 0.25) is 0 Å². The van der Waals surface area contributed by atoms with Crippen LogP contribution in [0.5, 0.6) is 0 Å². The van der Waals surface area contributed by atoms with Crippen molar-refractivity contribution in [3.05, 3.63) is 265 Å². The standard InChI is InChI=1S/C65H40N2O/c1-2-19-42-39-62-53(38-41(42)18-1)51-29-16-28-50(64(51)68-62)49-26-8-14-36-60(49)67(44-21-15-20-43(40-44)66-58-34-12-6-24-47(58)48-25-7-13-35-59(48)66)61-37-17-33-57-63(61)52-27-5-11-32-56(52)65(57)54-30-9-3-22-45(54)46-23-4-10-31-55(46)65/h1-40H. The first-order chi connectivity index (χ1) is 33.8. The fourth-order valence-electron chi connectivity index (χ4n) is 12.3. The van der Waals surface area contributed by atoms with E-state index in [1.165, 1.54) is 77.1 Å². The second-order valence-corrected chi connectivity index (χ2v) is 18.3. The second-order valence-electron chi connectivity index (χ2n) is 18.3. The summed E-state index contributed by atoms with van der Waals surface area (Å²) < 4.78 is 9.39. The highest BCUT2D eigenvalue weighted by molar-refractivity contribution is 6.15. The van der Waals surface area contributed by atoms with E-state index in [4.69, 9.17) is 4.42 Å². The van der Waals surface area contributed by atoms with Crippen LogP contribution in [0.1, 0.15) is 22.3 Å². The van der Waals surface area contributed by atoms with Gasteiger partial charge < -0.3 is 13.9 Å². The van der Waals surface area contributed by atoms with Crippen LogP contribution < -0.4 is 4.90 Å². The normalized spacial score (nSPS) is 13.1. The molecule has 0 atom stereocenters. The van der Waals surface area contributed by atoms with Crippen LogP contribution in [0.4, 0.5) is 17.1 Å². The van der Waals surface area contributed by atoms with Crippen LogP contribution in [0.25, 0.3) is 93.6 Å². The molecular formula is C65H40N2O. The van der Waals surface area contributed by atoms with Crippen molar-refractivity contribution < 1.29 is 4.42 Å². The Kier molecular flexibility index (Phi) is 7.71. The summed E-state index contributed by atoms with van der Waals surface area (Å²) in [7, 11) is 0. The lowest BCUT2D eigenvalue weighted by molar-refractivity contribution is 0.670. The van der Waals surface area contributed by atoms with Crippen LogP contribution >= 0.6 is 0 Å². The molecule has 0 aliphatic heterocycles. The smallest absolute Gasteiger partial charge is 0.143 e. The number of hydrogen-bond acceptors (Lipinski definition) is 2. The van der Waals surface area contributed by atoms with E-state index in [2.05, 4.69) is 252 Å². The minimum atomic E-state index is -0.492. The predicted molar refractivity (Wildman–Crippen MR) is 282 cm³/mol. The Morgan fingerprint density at radius 3 is 1.60 bits per heavy atom. The molecule has 2 aliphatic rings. The summed E-state index contributed by atoms with van der Waals surface area (Å²) in [6.45, 7) is 0. The largest absolute Gasteiger partial charge is 0.455 e. The van der Waals surface area contributed by atoms with E-state index >= 15 is 0 Å². The van der Waals surface area contributed by atoms with Crippen LogP contribution in [0.2, 0.25) is 0 Å². The molecule has 0 amide bonds. The third-order valence-electron chi connectivity index (χ3n) is 15.0. The molecule has 13 aromatic rings. The topological polar surface area (TPSA) is 21.3 Å². The van der Waals surface area contributed by atoms with Gasteiger partial charge in [-0.3, -0.25) is 0 Å². The first-order valence-electron chi connectivity index (χ1n) is 23.5. The zero-order valence-corrected chi connectivity index (χ0v) is 36.9. The molecule has 0 saturated heterocycles. The maximum atomic E-state index is 6.97. The molecule has 2 heterocycles. The SMILES string of the molecule is c1cc(N(c2ccccc2-c2cccc3c2oc2cc4ccccc4cc23)c2cccc3c2-c2ccccc2C32c3ccccc3-c3ccccc32)cc(-n2c3ccccc3c3ccccc32)c1. The number of benzene rings is 11. The molecule has 0 radical (unpaired) electrons. The molecule has 2 aromatic heterocycles. The molecule has 11 aromatic carbocycles. The summed E-state index contributed by atoms with van der Waals surface area (Å²) in [6.07, 6.45) is 0. The van der Waals surface area contributed by atoms with Crippen LogP contribution in [0.15, 0.2) is 247 Å². The van der Waals surface area contributed by atoms with Gasteiger partial charge >= 0.3 is 0 Å². The zero-order chi connectivity index (χ0) is 44.5. The Morgan fingerprint density at radius 1 is 0.353 bits per heavy atom. The van der Waals surface area contributed by atoms with Gasteiger partial charge in [0.1, 0.15) is 11.2 Å². The maximum absolute atomic E-state index is 6.97. The number of para-hydroxylation sites is 4. The minimum absolute atomic E-state index is 0.492. The van der Waals surface area contributed by atoms with E-state index < -0.39 is 5.41 Å². The lowest BCUT2D eigenvalue weighted by atomic mass is 9.70. The van der Waals surface area contributed by atoms with Crippen molar-refractivity contribution in [2.75, 3.05) is 4.90 Å². The number of rotatable bonds is 5. The molecule has 316 valence electrons. The third-order valence-corrected chi connectivity index (χ3v) is 15.0. The van der Waals surface area contributed by atoms with E-state index in [0.717, 1.165) is 55.8 Å². The number of hydrogen-bond donors (Lipinski definition) is 0. The fourth-order valence-corrected chi connectivity index (χ4v) is 12.3. The van der Waals surface area contributed by atoms with Crippen LogP contribution in [-0.4, -0.2) is 4.57 Å². The van der Waals surface area contributed by atoms with Gasteiger partial charge in [-0.05, 0) is 104 Å². The Bertz CT molecular complexity index is 4140. The Hall–Kier alpha value is -8.92. The monoisotopic (exact) mass is 864 g/mol. The summed E-state index contributed by atoms with van der Waals surface area (Å²) in [6, 6.07) is 89.4. The van der Waals surface area contributed by atoms with Crippen LogP contribution in [0.3, 0.4) is 0 Å². The van der Waals surface area contributed by atoms with Gasteiger partial charge in [-0.2, -0.15) is 0 Å². The van der Waals surface area contributed by atoms with Gasteiger partial charge in [-0.15, -0.1) is 0 Å². The summed E-state index contributed by atoms with van der Waals surface area (Å²) in [5.41, 5.74) is 20.4. The van der Waals surface area contributed by atoms with E-state index in [9.17, 15) is 0 Å². The number of aromatic nitrogens is 1. The van der Waals surface area contributed by atoms with E-state index in [1.54, 1.807) is 0 Å². The lowest BCUT2D eigenvalue weighted by Crippen LogP contribution is -2.26. The fraction of sp³-hybridized carbons (Fsp3) is 0.0154. The first kappa shape index (κ1) is 37.3. The van der Waals surface area contributed by atoms with E-state index in [-0.39, 0.29) is 0 Å². The van der Waals surface area contributed by atoms with Crippen molar-refractivity contribution in [2.45, 2.75) is 5.41 Å². The van der Waals surface area contributed by atoms with Gasteiger partial charge in [0, 0.05) is 49.6 Å². The second kappa shape index (κ2) is 14.0. The Morgan fingerprint density at radius 2 is 0.868 bits per heavy atom. The zero-order valence-electron chi connectivity index (χ0n) is 36.9. The number of furan rings is 1. The highest BCUT2D eigenvalue weighted by atomic mass is 16.3. The molecule has 15 rings (SSSR count). The molecule has 3 heteroatoms. The summed E-state index contributed by atoms with van der Waals surface area (Å²) in [4.78, 5) is 2.52. The summed E-state index contributed by atoms with van der Waals surface area (Å²) >= 11 is 0. The predicted octanol–water partition coefficient (Wildman–Crippen LogP) is 17.3. The van der Waals surface area contributed by atoms with Gasteiger partial charge in [0.05, 0.1) is 27.8 Å². The number of nitrogens with zero attached hydrogens (tertiary/aromatic N) is 2. The van der Waals surface area contributed by atoms with Crippen molar-refractivity contribution in [3.63, 3.8) is 0 Å². The van der Waals surface area contributed by atoms with Crippen molar-refractivity contribution in [2.24, 2.45) is 0 Å². The minimum Gasteiger partial charge on any atom is -0.455 e. The molecule has 0 N–H and O–H groups in total. The first-order valence-corrected chi connectivity index (χ1v) is 23.5. The van der Waals surface area contributed by atoms with Gasteiger partial charge in [0.15, 0.2) is 0 Å². The molecule has 2 aliphatic carbocycles. The summed E-state index contributed by atoms with van der Waals surface area (Å²) in [5, 5.41) is 7.07.